The highest BCUT2D eigenvalue weighted by Gasteiger charge is 2.29. The maximum Gasteiger partial charge on any atom is 0.260 e. The van der Waals surface area contributed by atoms with Gasteiger partial charge in [-0.3, -0.25) is 9.59 Å². The Balaban J connectivity index is 1.71. The Morgan fingerprint density at radius 1 is 0.960 bits per heavy atom. The average molecular weight is 330 g/mol. The number of aromatic nitrogens is 1. The number of amides is 1. The van der Waals surface area contributed by atoms with Gasteiger partial charge in [0, 0.05) is 5.69 Å². The van der Waals surface area contributed by atoms with Crippen LogP contribution in [0.4, 0.5) is 0 Å². The van der Waals surface area contributed by atoms with Crippen LogP contribution in [0.1, 0.15) is 40.1 Å². The van der Waals surface area contributed by atoms with Crippen LogP contribution in [0, 0.1) is 0 Å². The number of aryl methyl sites for hydroxylation is 1. The van der Waals surface area contributed by atoms with Crippen LogP contribution >= 0.6 is 0 Å². The molecule has 0 unspecified atom stereocenters. The molecule has 3 aromatic rings. The Morgan fingerprint density at radius 3 is 2.12 bits per heavy atom. The van der Waals surface area contributed by atoms with Gasteiger partial charge in [-0.2, -0.15) is 0 Å². The van der Waals surface area contributed by atoms with Gasteiger partial charge in [0.05, 0.1) is 6.04 Å². The third-order valence-electron chi connectivity index (χ3n) is 4.70. The van der Waals surface area contributed by atoms with E-state index in [0.29, 0.717) is 0 Å². The summed E-state index contributed by atoms with van der Waals surface area (Å²) in [5.74, 6) is -0.361. The van der Waals surface area contributed by atoms with Crippen molar-refractivity contribution in [2.45, 2.75) is 19.4 Å². The van der Waals surface area contributed by atoms with Crippen molar-refractivity contribution in [1.29, 1.82) is 0 Å². The van der Waals surface area contributed by atoms with Crippen molar-refractivity contribution in [3.63, 3.8) is 0 Å². The summed E-state index contributed by atoms with van der Waals surface area (Å²) in [7, 11) is 0. The van der Waals surface area contributed by atoms with Gasteiger partial charge in [0.1, 0.15) is 5.56 Å². The lowest BCUT2D eigenvalue weighted by Crippen LogP contribution is -2.32. The smallest absolute Gasteiger partial charge is 0.260 e. The first-order valence-corrected chi connectivity index (χ1v) is 8.40. The normalized spacial score (nSPS) is 12.5. The number of fused-ring (bicyclic) bond motifs is 3. The molecule has 0 aliphatic heterocycles. The monoisotopic (exact) mass is 330 g/mol. The van der Waals surface area contributed by atoms with Crippen LogP contribution < -0.4 is 10.9 Å². The van der Waals surface area contributed by atoms with Crippen molar-refractivity contribution in [1.82, 2.24) is 10.3 Å². The zero-order valence-electron chi connectivity index (χ0n) is 13.9. The maximum absolute atomic E-state index is 12.7. The summed E-state index contributed by atoms with van der Waals surface area (Å²) in [5.41, 5.74) is 4.96. The van der Waals surface area contributed by atoms with E-state index in [2.05, 4.69) is 22.4 Å². The van der Waals surface area contributed by atoms with Crippen LogP contribution in [0.3, 0.4) is 0 Å². The maximum atomic E-state index is 12.7. The number of carbonyl (C=O) groups excluding carboxylic acids is 1. The summed E-state index contributed by atoms with van der Waals surface area (Å²) in [6, 6.07) is 19.2. The van der Waals surface area contributed by atoms with Crippen molar-refractivity contribution in [2.24, 2.45) is 0 Å². The number of hydrogen-bond acceptors (Lipinski definition) is 2. The molecule has 4 rings (SSSR count). The van der Waals surface area contributed by atoms with Gasteiger partial charge in [-0.15, -0.1) is 0 Å². The highest BCUT2D eigenvalue weighted by molar-refractivity contribution is 5.95. The van der Waals surface area contributed by atoms with Crippen LogP contribution in [0.5, 0.6) is 0 Å². The largest absolute Gasteiger partial charge is 0.341 e. The third kappa shape index (κ3) is 2.56. The Morgan fingerprint density at radius 2 is 1.56 bits per heavy atom. The van der Waals surface area contributed by atoms with Gasteiger partial charge >= 0.3 is 0 Å². The van der Waals surface area contributed by atoms with E-state index in [4.69, 9.17) is 0 Å². The zero-order chi connectivity index (χ0) is 17.4. The number of pyridine rings is 1. The van der Waals surface area contributed by atoms with Crippen LogP contribution in [-0.4, -0.2) is 10.9 Å². The predicted octanol–water partition coefficient (Wildman–Crippen LogP) is 3.44. The van der Waals surface area contributed by atoms with E-state index >= 15 is 0 Å². The summed E-state index contributed by atoms with van der Waals surface area (Å²) in [6.07, 6.45) is 0.723. The molecule has 4 heteroatoms. The lowest BCUT2D eigenvalue weighted by atomic mass is 10.0. The summed E-state index contributed by atoms with van der Waals surface area (Å²) in [5, 5.41) is 3.03. The standard InChI is InChI=1S/C21H18N2O2/c1-2-13-11-12-18(20(24)22-13)21(25)23-19-16-9-5-3-7-14(16)15-8-4-6-10-17(15)19/h3-12,19H,2H2,1H3,(H,22,24)(H,23,25). The first kappa shape index (κ1) is 15.4. The molecule has 0 radical (unpaired) electrons. The zero-order valence-corrected chi connectivity index (χ0v) is 13.9. The van der Waals surface area contributed by atoms with Crippen molar-refractivity contribution in [3.8, 4) is 11.1 Å². The molecule has 0 spiro atoms. The molecule has 1 heterocycles. The lowest BCUT2D eigenvalue weighted by Gasteiger charge is -2.15. The van der Waals surface area contributed by atoms with Crippen LogP contribution in [0.15, 0.2) is 65.5 Å². The SMILES string of the molecule is CCc1ccc(C(=O)NC2c3ccccc3-c3ccccc32)c(=O)[nH]1. The van der Waals surface area contributed by atoms with Gasteiger partial charge in [-0.05, 0) is 40.8 Å². The van der Waals surface area contributed by atoms with Gasteiger partial charge in [0.2, 0.25) is 0 Å². The molecule has 1 amide bonds. The van der Waals surface area contributed by atoms with Crippen LogP contribution in [0.25, 0.3) is 11.1 Å². The molecular formula is C21H18N2O2. The number of benzene rings is 2. The Bertz CT molecular complexity index is 975. The highest BCUT2D eigenvalue weighted by atomic mass is 16.2. The molecule has 25 heavy (non-hydrogen) atoms. The minimum atomic E-state index is -0.361. The molecule has 0 saturated heterocycles. The van der Waals surface area contributed by atoms with Crippen molar-refractivity contribution < 1.29 is 4.79 Å². The molecule has 0 atom stereocenters. The van der Waals surface area contributed by atoms with Gasteiger partial charge in [-0.1, -0.05) is 55.5 Å². The minimum absolute atomic E-state index is 0.138. The molecule has 1 aliphatic rings. The van der Waals surface area contributed by atoms with E-state index in [-0.39, 0.29) is 23.1 Å². The minimum Gasteiger partial charge on any atom is -0.341 e. The second-order valence-corrected chi connectivity index (χ2v) is 6.16. The molecule has 2 N–H and O–H groups in total. The van der Waals surface area contributed by atoms with E-state index in [1.54, 1.807) is 12.1 Å². The first-order valence-electron chi connectivity index (χ1n) is 8.40. The fourth-order valence-corrected chi connectivity index (χ4v) is 3.42. The van der Waals surface area contributed by atoms with E-state index in [0.717, 1.165) is 34.4 Å². The van der Waals surface area contributed by atoms with Crippen LogP contribution in [0.2, 0.25) is 0 Å². The van der Waals surface area contributed by atoms with E-state index in [9.17, 15) is 9.59 Å². The predicted molar refractivity (Wildman–Crippen MR) is 97.6 cm³/mol. The van der Waals surface area contributed by atoms with Gasteiger partial charge in [0.25, 0.3) is 11.5 Å². The second kappa shape index (κ2) is 6.06. The summed E-state index contributed by atoms with van der Waals surface area (Å²) < 4.78 is 0. The fourth-order valence-electron chi connectivity index (χ4n) is 3.42. The molecule has 0 bridgehead atoms. The molecule has 124 valence electrons. The second-order valence-electron chi connectivity index (χ2n) is 6.16. The molecule has 1 aromatic heterocycles. The lowest BCUT2D eigenvalue weighted by molar-refractivity contribution is 0.0942. The Hall–Kier alpha value is -3.14. The van der Waals surface area contributed by atoms with Gasteiger partial charge < -0.3 is 10.3 Å². The Kier molecular flexibility index (Phi) is 3.73. The summed E-state index contributed by atoms with van der Waals surface area (Å²) in [4.78, 5) is 27.7. The average Bonchev–Trinajstić information content (AvgIpc) is 2.96. The first-order chi connectivity index (χ1) is 12.2. The van der Waals surface area contributed by atoms with Crippen LogP contribution in [-0.2, 0) is 6.42 Å². The van der Waals surface area contributed by atoms with E-state index in [1.165, 1.54) is 0 Å². The molecule has 2 aromatic carbocycles. The molecule has 0 saturated carbocycles. The number of nitrogens with one attached hydrogen (secondary N) is 2. The highest BCUT2D eigenvalue weighted by Crippen LogP contribution is 2.42. The molecule has 0 fully saturated rings. The van der Waals surface area contributed by atoms with Crippen molar-refractivity contribution >= 4 is 5.91 Å². The third-order valence-corrected chi connectivity index (χ3v) is 4.70. The number of hydrogen-bond donors (Lipinski definition) is 2. The Labute approximate surface area is 145 Å². The molecular weight excluding hydrogens is 312 g/mol. The molecule has 4 nitrogen and oxygen atoms in total. The fraction of sp³-hybridized carbons (Fsp3) is 0.143. The number of rotatable bonds is 3. The van der Waals surface area contributed by atoms with E-state index in [1.807, 2.05) is 43.3 Å². The van der Waals surface area contributed by atoms with Crippen molar-refractivity contribution in [3.05, 3.63) is 93.4 Å². The van der Waals surface area contributed by atoms with Gasteiger partial charge in [-0.25, -0.2) is 0 Å². The quantitative estimate of drug-likeness (QED) is 0.773. The topological polar surface area (TPSA) is 62.0 Å². The summed E-state index contributed by atoms with van der Waals surface area (Å²) in [6.45, 7) is 1.96. The number of H-pyrrole nitrogens is 1. The van der Waals surface area contributed by atoms with Crippen molar-refractivity contribution in [2.75, 3.05) is 0 Å². The summed E-state index contributed by atoms with van der Waals surface area (Å²) >= 11 is 0. The number of aromatic amines is 1. The number of carbonyl (C=O) groups is 1. The van der Waals surface area contributed by atoms with Gasteiger partial charge in [0.15, 0.2) is 0 Å². The molecule has 1 aliphatic carbocycles. The van der Waals surface area contributed by atoms with E-state index < -0.39 is 0 Å².